The van der Waals surface area contributed by atoms with E-state index in [0.717, 1.165) is 60.3 Å². The average molecular weight is 370 g/mol. The van der Waals surface area contributed by atoms with Crippen LogP contribution in [0.3, 0.4) is 0 Å². The Kier molecular flexibility index (Phi) is 4.34. The molecule has 1 aliphatic heterocycles. The monoisotopic (exact) mass is 370 g/mol. The highest BCUT2D eigenvalue weighted by Crippen LogP contribution is 2.29. The fourth-order valence-electron chi connectivity index (χ4n) is 3.97. The van der Waals surface area contributed by atoms with Crippen LogP contribution in [0.25, 0.3) is 16.7 Å². The number of aromatic nitrogens is 1. The highest BCUT2D eigenvalue weighted by Gasteiger charge is 2.17. The molecule has 4 heteroatoms. The van der Waals surface area contributed by atoms with Crippen LogP contribution in [0.1, 0.15) is 22.5 Å². The zero-order chi connectivity index (χ0) is 18.9. The molecular formula is C24H22N2O2. The summed E-state index contributed by atoms with van der Waals surface area (Å²) in [6.07, 6.45) is 4.57. The molecule has 1 aliphatic rings. The van der Waals surface area contributed by atoms with Crippen molar-refractivity contribution >= 4 is 11.0 Å². The zero-order valence-corrected chi connectivity index (χ0v) is 15.7. The lowest BCUT2D eigenvalue weighted by Gasteiger charge is -2.10. The molecule has 4 nitrogen and oxygen atoms in total. The van der Waals surface area contributed by atoms with Crippen LogP contribution in [0.5, 0.6) is 0 Å². The summed E-state index contributed by atoms with van der Waals surface area (Å²) in [4.78, 5) is 12.7. The summed E-state index contributed by atoms with van der Waals surface area (Å²) in [5.74, 6) is 1.06. The second-order valence-electron chi connectivity index (χ2n) is 7.34. The van der Waals surface area contributed by atoms with Gasteiger partial charge in [0.15, 0.2) is 0 Å². The number of furan rings is 1. The Bertz CT molecular complexity index is 1190. The van der Waals surface area contributed by atoms with Gasteiger partial charge >= 0.3 is 0 Å². The lowest BCUT2D eigenvalue weighted by Crippen LogP contribution is -2.22. The van der Waals surface area contributed by atoms with Crippen molar-refractivity contribution < 1.29 is 4.42 Å². The van der Waals surface area contributed by atoms with Gasteiger partial charge in [0.2, 0.25) is 0 Å². The molecule has 1 N–H and O–H groups in total. The number of pyridine rings is 1. The Hall–Kier alpha value is -3.11. The predicted octanol–water partition coefficient (Wildman–Crippen LogP) is 4.01. The maximum atomic E-state index is 12.7. The van der Waals surface area contributed by atoms with Gasteiger partial charge in [-0.25, -0.2) is 0 Å². The van der Waals surface area contributed by atoms with Crippen LogP contribution in [0.2, 0.25) is 0 Å². The van der Waals surface area contributed by atoms with Crippen LogP contribution < -0.4 is 10.9 Å². The molecule has 28 heavy (non-hydrogen) atoms. The summed E-state index contributed by atoms with van der Waals surface area (Å²) in [5.41, 5.74) is 5.27. The summed E-state index contributed by atoms with van der Waals surface area (Å²) in [5, 5.41) is 4.53. The number of nitrogens with one attached hydrogen (secondary N) is 1. The number of nitrogens with zero attached hydrogens (tertiary/aromatic N) is 1. The molecular weight excluding hydrogens is 348 g/mol. The maximum absolute atomic E-state index is 12.7. The molecule has 0 radical (unpaired) electrons. The summed E-state index contributed by atoms with van der Waals surface area (Å²) in [6, 6.07) is 20.2. The largest absolute Gasteiger partial charge is 0.461 e. The summed E-state index contributed by atoms with van der Waals surface area (Å²) in [7, 11) is 0. The normalized spacial score (nSPS) is 13.6. The van der Waals surface area contributed by atoms with Crippen LogP contribution in [0.4, 0.5) is 0 Å². The summed E-state index contributed by atoms with van der Waals surface area (Å²) in [6.45, 7) is 1.79. The van der Waals surface area contributed by atoms with Gasteiger partial charge in [0, 0.05) is 48.8 Å². The van der Waals surface area contributed by atoms with E-state index in [1.54, 1.807) is 10.6 Å². The first-order chi connectivity index (χ1) is 13.8. The highest BCUT2D eigenvalue weighted by molar-refractivity contribution is 5.84. The maximum Gasteiger partial charge on any atom is 0.255 e. The molecule has 0 saturated heterocycles. The molecule has 5 rings (SSSR count). The van der Waals surface area contributed by atoms with E-state index in [9.17, 15) is 4.79 Å². The third-order valence-corrected chi connectivity index (χ3v) is 5.50. The van der Waals surface area contributed by atoms with E-state index >= 15 is 0 Å². The van der Waals surface area contributed by atoms with Crippen LogP contribution in [0, 0.1) is 0 Å². The van der Waals surface area contributed by atoms with Gasteiger partial charge in [-0.15, -0.1) is 0 Å². The molecule has 0 fully saturated rings. The van der Waals surface area contributed by atoms with E-state index in [2.05, 4.69) is 23.5 Å². The van der Waals surface area contributed by atoms with Gasteiger partial charge in [-0.3, -0.25) is 9.36 Å². The standard InChI is InChI=1S/C24H22N2O2/c27-24-14-18(7-6-17-4-2-1-3-5-17)11-13-26(24)19-8-9-20-21-16-25-12-10-22(21)28-23(20)15-19/h1-5,8-9,11,13-15,25H,6-7,10,12,16H2. The Morgan fingerprint density at radius 1 is 0.964 bits per heavy atom. The van der Waals surface area contributed by atoms with E-state index in [0.29, 0.717) is 0 Å². The van der Waals surface area contributed by atoms with E-state index < -0.39 is 0 Å². The second-order valence-corrected chi connectivity index (χ2v) is 7.34. The molecule has 140 valence electrons. The van der Waals surface area contributed by atoms with Crippen LogP contribution in [-0.4, -0.2) is 11.1 Å². The minimum Gasteiger partial charge on any atom is -0.461 e. The molecule has 0 aliphatic carbocycles. The lowest BCUT2D eigenvalue weighted by atomic mass is 10.1. The molecule has 0 unspecified atom stereocenters. The van der Waals surface area contributed by atoms with Gasteiger partial charge < -0.3 is 9.73 Å². The lowest BCUT2D eigenvalue weighted by molar-refractivity contribution is 0.500. The Labute approximate surface area is 163 Å². The SMILES string of the molecule is O=c1cc(CCc2ccccc2)ccn1-c1ccc2c3c(oc2c1)CCNC3. The van der Waals surface area contributed by atoms with E-state index in [-0.39, 0.29) is 5.56 Å². The molecule has 0 bridgehead atoms. The van der Waals surface area contributed by atoms with Crippen molar-refractivity contribution in [1.82, 2.24) is 9.88 Å². The minimum atomic E-state index is -0.0112. The first-order valence-electron chi connectivity index (χ1n) is 9.79. The number of aryl methyl sites for hydroxylation is 2. The van der Waals surface area contributed by atoms with Crippen LogP contribution in [-0.2, 0) is 25.8 Å². The second kappa shape index (κ2) is 7.13. The van der Waals surface area contributed by atoms with Crippen molar-refractivity contribution in [3.8, 4) is 5.69 Å². The van der Waals surface area contributed by atoms with Crippen molar-refractivity contribution in [3.05, 3.63) is 99.7 Å². The Morgan fingerprint density at radius 3 is 2.68 bits per heavy atom. The van der Waals surface area contributed by atoms with Crippen molar-refractivity contribution in [1.29, 1.82) is 0 Å². The first kappa shape index (κ1) is 17.0. The molecule has 0 atom stereocenters. The third-order valence-electron chi connectivity index (χ3n) is 5.50. The zero-order valence-electron chi connectivity index (χ0n) is 15.7. The van der Waals surface area contributed by atoms with Crippen LogP contribution >= 0.6 is 0 Å². The number of hydrogen-bond donors (Lipinski definition) is 1. The summed E-state index contributed by atoms with van der Waals surface area (Å²) >= 11 is 0. The van der Waals surface area contributed by atoms with E-state index in [1.807, 2.05) is 42.6 Å². The van der Waals surface area contributed by atoms with Gasteiger partial charge in [-0.2, -0.15) is 0 Å². The van der Waals surface area contributed by atoms with Gasteiger partial charge in [0.25, 0.3) is 5.56 Å². The molecule has 4 aromatic rings. The van der Waals surface area contributed by atoms with E-state index in [1.165, 1.54) is 11.1 Å². The molecule has 2 aromatic heterocycles. The fourth-order valence-corrected chi connectivity index (χ4v) is 3.97. The highest BCUT2D eigenvalue weighted by atomic mass is 16.3. The molecule has 2 aromatic carbocycles. The molecule has 0 spiro atoms. The molecule has 3 heterocycles. The Balaban J connectivity index is 1.42. The van der Waals surface area contributed by atoms with Crippen LogP contribution in [0.15, 0.2) is 76.1 Å². The predicted molar refractivity (Wildman–Crippen MR) is 111 cm³/mol. The average Bonchev–Trinajstić information content (AvgIpc) is 3.11. The molecule has 0 amide bonds. The van der Waals surface area contributed by atoms with Crippen molar-refractivity contribution in [2.45, 2.75) is 25.8 Å². The number of fused-ring (bicyclic) bond motifs is 3. The topological polar surface area (TPSA) is 47.2 Å². The first-order valence-corrected chi connectivity index (χ1v) is 9.79. The Morgan fingerprint density at radius 2 is 1.82 bits per heavy atom. The fraction of sp³-hybridized carbons (Fsp3) is 0.208. The quantitative estimate of drug-likeness (QED) is 0.590. The van der Waals surface area contributed by atoms with Gasteiger partial charge in [0.1, 0.15) is 11.3 Å². The van der Waals surface area contributed by atoms with Gasteiger partial charge in [-0.05, 0) is 42.2 Å². The number of hydrogen-bond acceptors (Lipinski definition) is 3. The summed E-state index contributed by atoms with van der Waals surface area (Å²) < 4.78 is 7.73. The van der Waals surface area contributed by atoms with Crippen molar-refractivity contribution in [2.24, 2.45) is 0 Å². The van der Waals surface area contributed by atoms with Crippen molar-refractivity contribution in [2.75, 3.05) is 6.54 Å². The van der Waals surface area contributed by atoms with Gasteiger partial charge in [-0.1, -0.05) is 30.3 Å². The minimum absolute atomic E-state index is 0.0112. The number of benzene rings is 2. The third kappa shape index (κ3) is 3.16. The smallest absolute Gasteiger partial charge is 0.255 e. The van der Waals surface area contributed by atoms with E-state index in [4.69, 9.17) is 4.42 Å². The van der Waals surface area contributed by atoms with Crippen molar-refractivity contribution in [3.63, 3.8) is 0 Å². The molecule has 0 saturated carbocycles. The number of rotatable bonds is 4. The van der Waals surface area contributed by atoms with Gasteiger partial charge in [0.05, 0.1) is 5.69 Å².